The molecule has 11 nitrogen and oxygen atoms in total. The SMILES string of the molecule is Cc1ccc(C)c(COc2cc(NC(=O)C3CCCCC3)ccc2N(CCCCCCNC(=O)CCCC[C@H]2SC[C@H]3NC(=O)N[C@H]32)S(C)(=O)=O)c1. The van der Waals surface area contributed by atoms with Gasteiger partial charge in [0.1, 0.15) is 12.4 Å². The van der Waals surface area contributed by atoms with Gasteiger partial charge in [0.2, 0.25) is 21.8 Å². The van der Waals surface area contributed by atoms with Crippen LogP contribution in [0.5, 0.6) is 5.75 Å². The summed E-state index contributed by atoms with van der Waals surface area (Å²) in [6.45, 7) is 5.20. The molecule has 0 spiro atoms. The second-order valence-corrected chi connectivity index (χ2v) is 17.9. The highest BCUT2D eigenvalue weighted by molar-refractivity contribution is 8.00. The van der Waals surface area contributed by atoms with Crippen LogP contribution in [0.2, 0.25) is 0 Å². The van der Waals surface area contributed by atoms with Crippen LogP contribution in [-0.4, -0.2) is 68.7 Å². The van der Waals surface area contributed by atoms with Crippen LogP contribution >= 0.6 is 11.8 Å². The van der Waals surface area contributed by atoms with Gasteiger partial charge in [0, 0.05) is 48.2 Å². The van der Waals surface area contributed by atoms with Gasteiger partial charge in [-0.15, -0.1) is 0 Å². The Morgan fingerprint density at radius 1 is 0.962 bits per heavy atom. The molecule has 52 heavy (non-hydrogen) atoms. The fourth-order valence-electron chi connectivity index (χ4n) is 7.42. The van der Waals surface area contributed by atoms with E-state index in [0.29, 0.717) is 48.3 Å². The Morgan fingerprint density at radius 2 is 1.75 bits per heavy atom. The van der Waals surface area contributed by atoms with E-state index < -0.39 is 10.0 Å². The molecule has 1 aliphatic carbocycles. The number of carbonyl (C=O) groups is 3. The number of hydrogen-bond acceptors (Lipinski definition) is 7. The first-order valence-corrected chi connectivity index (χ1v) is 21.9. The van der Waals surface area contributed by atoms with Gasteiger partial charge in [-0.1, -0.05) is 62.3 Å². The topological polar surface area (TPSA) is 146 Å². The number of anilines is 2. The van der Waals surface area contributed by atoms with Crippen LogP contribution in [0.25, 0.3) is 0 Å². The zero-order valence-electron chi connectivity index (χ0n) is 31.0. The fraction of sp³-hybridized carbons (Fsp3) is 0.615. The molecule has 3 atom stereocenters. The molecule has 2 aromatic carbocycles. The largest absolute Gasteiger partial charge is 0.487 e. The molecule has 0 bridgehead atoms. The molecule has 0 radical (unpaired) electrons. The minimum Gasteiger partial charge on any atom is -0.487 e. The van der Waals surface area contributed by atoms with Gasteiger partial charge in [0.05, 0.1) is 24.0 Å². The number of unbranched alkanes of at least 4 members (excludes halogenated alkanes) is 4. The summed E-state index contributed by atoms with van der Waals surface area (Å²) in [5.41, 5.74) is 4.25. The first-order chi connectivity index (χ1) is 25.0. The summed E-state index contributed by atoms with van der Waals surface area (Å²) in [7, 11) is -3.64. The number of nitrogens with one attached hydrogen (secondary N) is 4. The molecule has 3 aliphatic rings. The van der Waals surface area contributed by atoms with E-state index in [9.17, 15) is 22.8 Å². The molecule has 3 fully saturated rings. The molecule has 286 valence electrons. The van der Waals surface area contributed by atoms with Gasteiger partial charge in [-0.05, 0) is 75.6 Å². The van der Waals surface area contributed by atoms with Crippen molar-refractivity contribution in [3.05, 3.63) is 53.1 Å². The molecule has 2 heterocycles. The third-order valence-corrected chi connectivity index (χ3v) is 13.1. The lowest BCUT2D eigenvalue weighted by Crippen LogP contribution is -2.36. The minimum atomic E-state index is -3.64. The number of carbonyl (C=O) groups excluding carboxylic acids is 3. The first-order valence-electron chi connectivity index (χ1n) is 19.0. The Bertz CT molecular complexity index is 1650. The van der Waals surface area contributed by atoms with E-state index in [1.807, 2.05) is 31.7 Å². The summed E-state index contributed by atoms with van der Waals surface area (Å²) in [5, 5.41) is 12.5. The second-order valence-electron chi connectivity index (χ2n) is 14.7. The second kappa shape index (κ2) is 19.0. The van der Waals surface area contributed by atoms with Crippen molar-refractivity contribution in [1.82, 2.24) is 16.0 Å². The zero-order chi connectivity index (χ0) is 37.1. The van der Waals surface area contributed by atoms with Crippen LogP contribution in [0.1, 0.15) is 100 Å². The van der Waals surface area contributed by atoms with Crippen molar-refractivity contribution >= 4 is 51.0 Å². The summed E-state index contributed by atoms with van der Waals surface area (Å²) in [4.78, 5) is 37.0. The number of benzene rings is 2. The summed E-state index contributed by atoms with van der Waals surface area (Å²) < 4.78 is 34.0. The highest BCUT2D eigenvalue weighted by Crippen LogP contribution is 2.36. The molecule has 2 aromatic rings. The Labute approximate surface area is 314 Å². The number of amides is 4. The van der Waals surface area contributed by atoms with E-state index in [2.05, 4.69) is 33.4 Å². The molecular formula is C39H57N5O6S2. The maximum Gasteiger partial charge on any atom is 0.315 e. The van der Waals surface area contributed by atoms with Crippen molar-refractivity contribution in [1.29, 1.82) is 0 Å². The summed E-state index contributed by atoms with van der Waals surface area (Å²) in [6.07, 6.45) is 12.7. The maximum absolute atomic E-state index is 13.1. The third-order valence-electron chi connectivity index (χ3n) is 10.5. The first kappa shape index (κ1) is 39.8. The number of rotatable bonds is 19. The molecule has 2 aliphatic heterocycles. The Balaban J connectivity index is 1.09. The van der Waals surface area contributed by atoms with E-state index in [1.54, 1.807) is 18.2 Å². The van der Waals surface area contributed by atoms with Gasteiger partial charge in [-0.25, -0.2) is 13.2 Å². The van der Waals surface area contributed by atoms with Crippen LogP contribution in [0.15, 0.2) is 36.4 Å². The highest BCUT2D eigenvalue weighted by atomic mass is 32.2. The van der Waals surface area contributed by atoms with Gasteiger partial charge in [0.25, 0.3) is 0 Å². The number of thioether (sulfide) groups is 1. The summed E-state index contributed by atoms with van der Waals surface area (Å²) >= 11 is 1.90. The summed E-state index contributed by atoms with van der Waals surface area (Å²) in [5.74, 6) is 1.40. The van der Waals surface area contributed by atoms with Crippen molar-refractivity contribution < 1.29 is 27.5 Å². The van der Waals surface area contributed by atoms with Gasteiger partial charge in [0.15, 0.2) is 0 Å². The van der Waals surface area contributed by atoms with Crippen LogP contribution in [-0.2, 0) is 26.2 Å². The van der Waals surface area contributed by atoms with E-state index >= 15 is 0 Å². The van der Waals surface area contributed by atoms with Crippen LogP contribution in [0.4, 0.5) is 16.2 Å². The quantitative estimate of drug-likeness (QED) is 0.0938. The Hall–Kier alpha value is -3.45. The highest BCUT2D eigenvalue weighted by Gasteiger charge is 2.42. The molecule has 2 saturated heterocycles. The van der Waals surface area contributed by atoms with E-state index in [-0.39, 0.29) is 42.5 Å². The molecule has 4 amide bonds. The predicted molar refractivity (Wildman–Crippen MR) is 210 cm³/mol. The average Bonchev–Trinajstić information content (AvgIpc) is 3.67. The molecule has 0 unspecified atom stereocenters. The fourth-order valence-corrected chi connectivity index (χ4v) is 9.94. The van der Waals surface area contributed by atoms with Crippen LogP contribution in [0, 0.1) is 19.8 Å². The molecule has 0 aromatic heterocycles. The summed E-state index contributed by atoms with van der Waals surface area (Å²) in [6, 6.07) is 11.8. The average molecular weight is 756 g/mol. The number of nitrogens with zero attached hydrogens (tertiary/aromatic N) is 1. The maximum atomic E-state index is 13.1. The predicted octanol–water partition coefficient (Wildman–Crippen LogP) is 6.57. The van der Waals surface area contributed by atoms with Gasteiger partial charge < -0.3 is 26.0 Å². The normalized spacial score (nSPS) is 20.1. The van der Waals surface area contributed by atoms with Crippen LogP contribution in [0.3, 0.4) is 0 Å². The van der Waals surface area contributed by atoms with E-state index in [4.69, 9.17) is 4.74 Å². The van der Waals surface area contributed by atoms with Crippen molar-refractivity contribution in [2.45, 2.75) is 121 Å². The molecule has 13 heteroatoms. The number of hydrogen-bond donors (Lipinski definition) is 4. The molecular weight excluding hydrogens is 699 g/mol. The minimum absolute atomic E-state index is 0.000176. The van der Waals surface area contributed by atoms with E-state index in [1.165, 1.54) is 10.6 Å². The van der Waals surface area contributed by atoms with Crippen LogP contribution < -0.4 is 30.3 Å². The van der Waals surface area contributed by atoms with Crippen molar-refractivity contribution in [2.24, 2.45) is 5.92 Å². The Kier molecular flexibility index (Phi) is 14.6. The smallest absolute Gasteiger partial charge is 0.315 e. The standard InChI is InChI=1S/C39H57N5O6S2/c1-27-17-18-28(2)30(23-27)25-50-34-24-31(41-38(46)29-13-7-6-8-14-29)19-20-33(34)44(52(3,48)49)22-12-5-4-11-21-40-36(45)16-10-9-15-35-37-32(26-51-35)42-39(47)43-37/h17-20,23-24,29,32,35,37H,4-16,21-22,25-26H2,1-3H3,(H,40,45)(H,41,46)(H2,42,43,47)/t32-,35-,37-/m1/s1. The number of fused-ring (bicyclic) bond motifs is 1. The lowest BCUT2D eigenvalue weighted by Gasteiger charge is -2.26. The lowest BCUT2D eigenvalue weighted by molar-refractivity contribution is -0.121. The van der Waals surface area contributed by atoms with Crippen molar-refractivity contribution in [3.8, 4) is 5.75 Å². The number of aryl methyl sites for hydroxylation is 2. The number of ether oxygens (including phenoxy) is 1. The Morgan fingerprint density at radius 3 is 2.54 bits per heavy atom. The number of sulfonamides is 1. The van der Waals surface area contributed by atoms with Gasteiger partial charge in [-0.2, -0.15) is 11.8 Å². The van der Waals surface area contributed by atoms with Crippen molar-refractivity contribution in [2.75, 3.05) is 34.7 Å². The monoisotopic (exact) mass is 755 g/mol. The number of urea groups is 1. The van der Waals surface area contributed by atoms with Gasteiger partial charge in [-0.3, -0.25) is 13.9 Å². The lowest BCUT2D eigenvalue weighted by atomic mass is 9.88. The van der Waals surface area contributed by atoms with Crippen molar-refractivity contribution in [3.63, 3.8) is 0 Å². The molecule has 1 saturated carbocycles. The van der Waals surface area contributed by atoms with Gasteiger partial charge >= 0.3 is 6.03 Å². The zero-order valence-corrected chi connectivity index (χ0v) is 32.6. The van der Waals surface area contributed by atoms with E-state index in [0.717, 1.165) is 93.1 Å². The molecule has 4 N–H and O–H groups in total. The third kappa shape index (κ3) is 11.5. The molecule has 5 rings (SSSR count).